The second-order valence-electron chi connectivity index (χ2n) is 6.61. The second-order valence-corrected chi connectivity index (χ2v) is 7.01. The van der Waals surface area contributed by atoms with Crippen molar-refractivity contribution in [2.24, 2.45) is 0 Å². The molecule has 2 aromatic heterocycles. The van der Waals surface area contributed by atoms with E-state index >= 15 is 0 Å². The Morgan fingerprint density at radius 2 is 1.60 bits per heavy atom. The van der Waals surface area contributed by atoms with Crippen LogP contribution in [0.25, 0.3) is 22.4 Å². The highest BCUT2D eigenvalue weighted by atomic mass is 35.5. The van der Waals surface area contributed by atoms with Gasteiger partial charge in [0.15, 0.2) is 0 Å². The summed E-state index contributed by atoms with van der Waals surface area (Å²) in [7, 11) is 0. The highest BCUT2D eigenvalue weighted by molar-refractivity contribution is 6.32. The maximum atomic E-state index is 11.3. The van der Waals surface area contributed by atoms with Gasteiger partial charge >= 0.3 is 0 Å². The number of halogens is 1. The van der Waals surface area contributed by atoms with Crippen LogP contribution >= 0.6 is 11.6 Å². The summed E-state index contributed by atoms with van der Waals surface area (Å²) in [5, 5.41) is 6.26. The van der Waals surface area contributed by atoms with Gasteiger partial charge in [-0.05, 0) is 23.3 Å². The molecule has 0 saturated carbocycles. The third kappa shape index (κ3) is 4.61. The van der Waals surface area contributed by atoms with E-state index in [0.717, 1.165) is 16.7 Å². The highest BCUT2D eigenvalue weighted by Gasteiger charge is 2.10. The lowest BCUT2D eigenvalue weighted by atomic mass is 10.0. The molecule has 4 rings (SSSR count). The molecule has 2 N–H and O–H groups in total. The van der Waals surface area contributed by atoms with Crippen molar-refractivity contribution in [1.29, 1.82) is 0 Å². The molecule has 7 heteroatoms. The molecule has 0 radical (unpaired) electrons. The summed E-state index contributed by atoms with van der Waals surface area (Å²) < 4.78 is 0. The lowest BCUT2D eigenvalue weighted by Crippen LogP contribution is -2.06. The van der Waals surface area contributed by atoms with Gasteiger partial charge in [0.05, 0.1) is 40.7 Å². The van der Waals surface area contributed by atoms with Crippen LogP contribution in [0.1, 0.15) is 6.92 Å². The van der Waals surface area contributed by atoms with Crippen LogP contribution < -0.4 is 10.6 Å². The summed E-state index contributed by atoms with van der Waals surface area (Å²) in [6, 6.07) is 19.9. The number of aromatic nitrogens is 3. The number of benzene rings is 2. The Labute approximate surface area is 179 Å². The number of carbonyl (C=O) groups is 1. The molecular formula is C23H18ClN5O. The molecule has 1 amide bonds. The number of nitrogens with one attached hydrogen (secondary N) is 2. The smallest absolute Gasteiger partial charge is 0.227 e. The van der Waals surface area contributed by atoms with Gasteiger partial charge in [-0.25, -0.2) is 9.97 Å². The van der Waals surface area contributed by atoms with Crippen molar-refractivity contribution < 1.29 is 4.79 Å². The molecular weight excluding hydrogens is 398 g/mol. The van der Waals surface area contributed by atoms with E-state index in [1.165, 1.54) is 6.92 Å². The quantitative estimate of drug-likeness (QED) is 0.446. The lowest BCUT2D eigenvalue weighted by Gasteiger charge is -2.10. The maximum Gasteiger partial charge on any atom is 0.227 e. The fourth-order valence-electron chi connectivity index (χ4n) is 3.02. The number of pyridine rings is 1. The monoisotopic (exact) mass is 415 g/mol. The molecule has 0 saturated heterocycles. The van der Waals surface area contributed by atoms with Gasteiger partial charge in [0.25, 0.3) is 0 Å². The van der Waals surface area contributed by atoms with Gasteiger partial charge in [0.2, 0.25) is 11.9 Å². The molecule has 148 valence electrons. The van der Waals surface area contributed by atoms with E-state index in [2.05, 4.69) is 37.7 Å². The molecule has 0 atom stereocenters. The van der Waals surface area contributed by atoms with Crippen LogP contribution in [0.4, 0.5) is 17.3 Å². The van der Waals surface area contributed by atoms with Crippen molar-refractivity contribution in [2.75, 3.05) is 10.6 Å². The van der Waals surface area contributed by atoms with E-state index in [1.807, 2.05) is 42.5 Å². The zero-order valence-corrected chi connectivity index (χ0v) is 16.9. The molecule has 0 aliphatic carbocycles. The van der Waals surface area contributed by atoms with Crippen LogP contribution in [0.5, 0.6) is 0 Å². The first-order chi connectivity index (χ1) is 14.6. The summed E-state index contributed by atoms with van der Waals surface area (Å²) in [6.07, 6.45) is 4.75. The largest absolute Gasteiger partial charge is 0.325 e. The average molecular weight is 416 g/mol. The van der Waals surface area contributed by atoms with Crippen LogP contribution in [0.15, 0.2) is 79.3 Å². The summed E-state index contributed by atoms with van der Waals surface area (Å²) in [6.45, 7) is 1.44. The van der Waals surface area contributed by atoms with E-state index < -0.39 is 0 Å². The van der Waals surface area contributed by atoms with Crippen LogP contribution in [0, 0.1) is 0 Å². The predicted octanol–water partition coefficient (Wildman–Crippen LogP) is 5.56. The van der Waals surface area contributed by atoms with Crippen LogP contribution in [-0.2, 0) is 4.79 Å². The number of amides is 1. The van der Waals surface area contributed by atoms with Crippen LogP contribution in [0.2, 0.25) is 5.02 Å². The summed E-state index contributed by atoms with van der Waals surface area (Å²) in [5.41, 5.74) is 4.92. The van der Waals surface area contributed by atoms with E-state index in [1.54, 1.807) is 24.7 Å². The summed E-state index contributed by atoms with van der Waals surface area (Å²) in [4.78, 5) is 24.2. The summed E-state index contributed by atoms with van der Waals surface area (Å²) in [5.74, 6) is 0.207. The van der Waals surface area contributed by atoms with Crippen molar-refractivity contribution in [3.8, 4) is 22.4 Å². The number of hydrogen-bond acceptors (Lipinski definition) is 5. The molecule has 0 unspecified atom stereocenters. The Balaban J connectivity index is 1.64. The predicted molar refractivity (Wildman–Crippen MR) is 120 cm³/mol. The minimum Gasteiger partial charge on any atom is -0.325 e. The van der Waals surface area contributed by atoms with E-state index in [-0.39, 0.29) is 5.91 Å². The molecule has 2 heterocycles. The highest BCUT2D eigenvalue weighted by Crippen LogP contribution is 2.30. The molecule has 0 aliphatic rings. The van der Waals surface area contributed by atoms with Gasteiger partial charge in [-0.3, -0.25) is 9.78 Å². The van der Waals surface area contributed by atoms with Crippen molar-refractivity contribution in [1.82, 2.24) is 15.0 Å². The first-order valence-electron chi connectivity index (χ1n) is 9.26. The Bertz CT molecular complexity index is 1200. The number of hydrogen-bond donors (Lipinski definition) is 2. The SMILES string of the molecule is CC(=O)Nc1cncc(Nc2ncc(Cl)c(-c3cccc(-c4ccccc4)c3)n2)c1. The minimum atomic E-state index is -0.169. The number of nitrogens with zero attached hydrogens (tertiary/aromatic N) is 3. The van der Waals surface area contributed by atoms with Gasteiger partial charge in [-0.2, -0.15) is 0 Å². The van der Waals surface area contributed by atoms with Gasteiger partial charge in [-0.15, -0.1) is 0 Å². The first-order valence-corrected chi connectivity index (χ1v) is 9.64. The Morgan fingerprint density at radius 3 is 2.40 bits per heavy atom. The Morgan fingerprint density at radius 1 is 0.867 bits per heavy atom. The van der Waals surface area contributed by atoms with Gasteiger partial charge in [0, 0.05) is 12.5 Å². The fourth-order valence-corrected chi connectivity index (χ4v) is 3.22. The van der Waals surface area contributed by atoms with Crippen molar-refractivity contribution >= 4 is 34.8 Å². The zero-order valence-electron chi connectivity index (χ0n) is 16.1. The zero-order chi connectivity index (χ0) is 20.9. The van der Waals surface area contributed by atoms with Gasteiger partial charge in [-0.1, -0.05) is 60.1 Å². The fraction of sp³-hybridized carbons (Fsp3) is 0.0435. The number of rotatable bonds is 5. The summed E-state index contributed by atoms with van der Waals surface area (Å²) >= 11 is 6.40. The van der Waals surface area contributed by atoms with Crippen LogP contribution in [-0.4, -0.2) is 20.9 Å². The standard InChI is InChI=1S/C23H18ClN5O/c1-15(30)27-19-11-20(13-25-12-19)28-23-26-14-21(24)22(29-23)18-9-5-8-17(10-18)16-6-3-2-4-7-16/h2-14H,1H3,(H,27,30)(H,26,28,29). The third-order valence-corrected chi connectivity index (χ3v) is 4.58. The van der Waals surface area contributed by atoms with E-state index in [0.29, 0.717) is 28.0 Å². The molecule has 4 aromatic rings. The molecule has 30 heavy (non-hydrogen) atoms. The number of carbonyl (C=O) groups excluding carboxylic acids is 1. The molecule has 0 fully saturated rings. The Hall–Kier alpha value is -3.77. The van der Waals surface area contributed by atoms with Gasteiger partial charge in [0.1, 0.15) is 0 Å². The Kier molecular flexibility index (Phi) is 5.68. The number of anilines is 3. The van der Waals surface area contributed by atoms with Crippen molar-refractivity contribution in [3.05, 3.63) is 84.3 Å². The normalized spacial score (nSPS) is 10.5. The maximum absolute atomic E-state index is 11.3. The molecule has 2 aromatic carbocycles. The molecule has 0 aliphatic heterocycles. The minimum absolute atomic E-state index is 0.169. The molecule has 0 bridgehead atoms. The average Bonchev–Trinajstić information content (AvgIpc) is 2.76. The van der Waals surface area contributed by atoms with E-state index in [4.69, 9.17) is 11.6 Å². The molecule has 0 spiro atoms. The lowest BCUT2D eigenvalue weighted by molar-refractivity contribution is -0.114. The van der Waals surface area contributed by atoms with Crippen LogP contribution in [0.3, 0.4) is 0 Å². The first kappa shape index (κ1) is 19.5. The van der Waals surface area contributed by atoms with Gasteiger partial charge < -0.3 is 10.6 Å². The topological polar surface area (TPSA) is 79.8 Å². The van der Waals surface area contributed by atoms with Crippen molar-refractivity contribution in [3.63, 3.8) is 0 Å². The van der Waals surface area contributed by atoms with Crippen molar-refractivity contribution in [2.45, 2.75) is 6.92 Å². The van der Waals surface area contributed by atoms with E-state index in [9.17, 15) is 4.79 Å². The second kappa shape index (κ2) is 8.71. The molecule has 6 nitrogen and oxygen atoms in total. The third-order valence-electron chi connectivity index (χ3n) is 4.30.